The summed E-state index contributed by atoms with van der Waals surface area (Å²) in [6.45, 7) is 3.85. The van der Waals surface area contributed by atoms with Gasteiger partial charge in [0.05, 0.1) is 0 Å². The normalized spacial score (nSPS) is 18.2. The molecule has 122 valence electrons. The number of carboxylic acid groups (broad SMARTS) is 1. The van der Waals surface area contributed by atoms with Crippen molar-refractivity contribution in [2.24, 2.45) is 5.92 Å². The second-order valence-corrected chi connectivity index (χ2v) is 6.33. The van der Waals surface area contributed by atoms with E-state index >= 15 is 0 Å². The van der Waals surface area contributed by atoms with Crippen LogP contribution in [-0.2, 0) is 4.79 Å². The molecule has 5 heteroatoms. The van der Waals surface area contributed by atoms with Gasteiger partial charge in [-0.1, -0.05) is 18.9 Å². The SMILES string of the molecule is CC(C)Nc1cccc(OCC(O)(C(=O)O)C2CCCC2)c1. The van der Waals surface area contributed by atoms with Gasteiger partial charge in [-0.15, -0.1) is 0 Å². The number of aliphatic hydroxyl groups is 1. The summed E-state index contributed by atoms with van der Waals surface area (Å²) in [6, 6.07) is 7.65. The number of hydrogen-bond donors (Lipinski definition) is 3. The molecule has 0 saturated heterocycles. The Bertz CT molecular complexity index is 511. The zero-order valence-electron chi connectivity index (χ0n) is 13.2. The van der Waals surface area contributed by atoms with Crippen molar-refractivity contribution >= 4 is 11.7 Å². The van der Waals surface area contributed by atoms with Gasteiger partial charge < -0.3 is 20.3 Å². The van der Waals surface area contributed by atoms with Crippen LogP contribution in [-0.4, -0.2) is 34.4 Å². The lowest BCUT2D eigenvalue weighted by molar-refractivity contribution is -0.169. The van der Waals surface area contributed by atoms with Gasteiger partial charge in [0.25, 0.3) is 0 Å². The molecular weight excluding hydrogens is 282 g/mol. The number of hydrogen-bond acceptors (Lipinski definition) is 4. The monoisotopic (exact) mass is 307 g/mol. The van der Waals surface area contributed by atoms with Crippen LogP contribution in [0.1, 0.15) is 39.5 Å². The summed E-state index contributed by atoms with van der Waals surface area (Å²) in [4.78, 5) is 11.5. The van der Waals surface area contributed by atoms with E-state index in [9.17, 15) is 15.0 Å². The lowest BCUT2D eigenvalue weighted by Gasteiger charge is -2.29. The molecule has 0 heterocycles. The van der Waals surface area contributed by atoms with Gasteiger partial charge in [0, 0.05) is 23.7 Å². The van der Waals surface area contributed by atoms with Gasteiger partial charge in [-0.3, -0.25) is 0 Å². The minimum absolute atomic E-state index is 0.224. The Morgan fingerprint density at radius 2 is 2.09 bits per heavy atom. The van der Waals surface area contributed by atoms with E-state index in [4.69, 9.17) is 4.74 Å². The molecule has 1 aromatic rings. The third-order valence-corrected chi connectivity index (χ3v) is 4.15. The second kappa shape index (κ2) is 7.01. The van der Waals surface area contributed by atoms with E-state index in [1.807, 2.05) is 32.0 Å². The molecule has 1 fully saturated rings. The molecule has 2 rings (SSSR count). The highest BCUT2D eigenvalue weighted by Gasteiger charge is 2.46. The van der Waals surface area contributed by atoms with E-state index in [1.54, 1.807) is 6.07 Å². The number of carbonyl (C=O) groups is 1. The first kappa shape index (κ1) is 16.6. The average Bonchev–Trinajstić information content (AvgIpc) is 2.99. The molecule has 1 aromatic carbocycles. The van der Waals surface area contributed by atoms with Crippen LogP contribution >= 0.6 is 0 Å². The Balaban J connectivity index is 2.04. The fourth-order valence-corrected chi connectivity index (χ4v) is 2.96. The lowest BCUT2D eigenvalue weighted by atomic mass is 9.87. The fourth-order valence-electron chi connectivity index (χ4n) is 2.96. The van der Waals surface area contributed by atoms with Crippen molar-refractivity contribution in [3.05, 3.63) is 24.3 Å². The zero-order chi connectivity index (χ0) is 16.2. The maximum atomic E-state index is 11.5. The molecule has 1 aliphatic carbocycles. The van der Waals surface area contributed by atoms with Crippen molar-refractivity contribution in [1.82, 2.24) is 0 Å². The molecule has 0 radical (unpaired) electrons. The molecular formula is C17H25NO4. The van der Waals surface area contributed by atoms with Crippen molar-refractivity contribution in [3.63, 3.8) is 0 Å². The highest BCUT2D eigenvalue weighted by atomic mass is 16.5. The molecule has 3 N–H and O–H groups in total. The molecule has 1 aliphatic rings. The Morgan fingerprint density at radius 1 is 1.41 bits per heavy atom. The molecule has 0 bridgehead atoms. The van der Waals surface area contributed by atoms with Crippen LogP contribution in [0.25, 0.3) is 0 Å². The molecule has 1 saturated carbocycles. The van der Waals surface area contributed by atoms with Gasteiger partial charge in [0.2, 0.25) is 0 Å². The first-order valence-corrected chi connectivity index (χ1v) is 7.87. The Morgan fingerprint density at radius 3 is 2.68 bits per heavy atom. The van der Waals surface area contributed by atoms with E-state index in [0.29, 0.717) is 11.8 Å². The summed E-state index contributed by atoms with van der Waals surface area (Å²) in [5.74, 6) is -0.874. The number of aliphatic carboxylic acids is 1. The van der Waals surface area contributed by atoms with Crippen molar-refractivity contribution in [1.29, 1.82) is 0 Å². The van der Waals surface area contributed by atoms with Crippen molar-refractivity contribution < 1.29 is 19.7 Å². The summed E-state index contributed by atoms with van der Waals surface area (Å²) in [5, 5.41) is 23.2. The smallest absolute Gasteiger partial charge is 0.339 e. The number of carboxylic acids is 1. The van der Waals surface area contributed by atoms with Crippen molar-refractivity contribution in [2.45, 2.75) is 51.2 Å². The van der Waals surface area contributed by atoms with Crippen LogP contribution in [0.5, 0.6) is 5.75 Å². The minimum atomic E-state index is -1.81. The van der Waals surface area contributed by atoms with E-state index in [2.05, 4.69) is 5.32 Å². The predicted octanol–water partition coefficient (Wildman–Crippen LogP) is 2.89. The maximum absolute atomic E-state index is 11.5. The molecule has 0 aliphatic heterocycles. The number of benzene rings is 1. The first-order chi connectivity index (χ1) is 10.4. The van der Waals surface area contributed by atoms with E-state index < -0.39 is 11.6 Å². The number of rotatable bonds is 7. The minimum Gasteiger partial charge on any atom is -0.490 e. The van der Waals surface area contributed by atoms with E-state index in [1.165, 1.54) is 0 Å². The average molecular weight is 307 g/mol. The molecule has 22 heavy (non-hydrogen) atoms. The molecule has 1 unspecified atom stereocenters. The Labute approximate surface area is 131 Å². The molecule has 0 amide bonds. The standard InChI is InChI=1S/C17H25NO4/c1-12(2)18-14-8-5-9-15(10-14)22-11-17(21,16(19)20)13-6-3-4-7-13/h5,8-10,12-13,18,21H,3-4,6-7,11H2,1-2H3,(H,19,20). The largest absolute Gasteiger partial charge is 0.490 e. The van der Waals surface area contributed by atoms with Crippen LogP contribution in [0.15, 0.2) is 24.3 Å². The second-order valence-electron chi connectivity index (χ2n) is 6.33. The highest BCUT2D eigenvalue weighted by Crippen LogP contribution is 2.35. The topological polar surface area (TPSA) is 78.8 Å². The fraction of sp³-hybridized carbons (Fsp3) is 0.588. The highest BCUT2D eigenvalue weighted by molar-refractivity contribution is 5.78. The molecule has 5 nitrogen and oxygen atoms in total. The van der Waals surface area contributed by atoms with Gasteiger partial charge in [0.15, 0.2) is 5.60 Å². The summed E-state index contributed by atoms with van der Waals surface area (Å²) in [7, 11) is 0. The number of anilines is 1. The summed E-state index contributed by atoms with van der Waals surface area (Å²) >= 11 is 0. The molecule has 0 spiro atoms. The number of nitrogens with one attached hydrogen (secondary N) is 1. The maximum Gasteiger partial charge on any atom is 0.339 e. The first-order valence-electron chi connectivity index (χ1n) is 7.87. The van der Waals surface area contributed by atoms with Gasteiger partial charge in [-0.25, -0.2) is 4.79 Å². The van der Waals surface area contributed by atoms with Crippen molar-refractivity contribution in [2.75, 3.05) is 11.9 Å². The van der Waals surface area contributed by atoms with Crippen LogP contribution in [0, 0.1) is 5.92 Å². The van der Waals surface area contributed by atoms with Gasteiger partial charge in [-0.05, 0) is 38.8 Å². The third-order valence-electron chi connectivity index (χ3n) is 4.15. The summed E-state index contributed by atoms with van der Waals surface area (Å²) in [5.41, 5.74) is -0.898. The van der Waals surface area contributed by atoms with Gasteiger partial charge in [0.1, 0.15) is 12.4 Å². The van der Waals surface area contributed by atoms with E-state index in [-0.39, 0.29) is 12.5 Å². The molecule has 1 atom stereocenters. The van der Waals surface area contributed by atoms with E-state index in [0.717, 1.165) is 31.4 Å². The van der Waals surface area contributed by atoms with Crippen LogP contribution < -0.4 is 10.1 Å². The van der Waals surface area contributed by atoms with Crippen LogP contribution in [0.2, 0.25) is 0 Å². The Kier molecular flexibility index (Phi) is 5.29. The van der Waals surface area contributed by atoms with Gasteiger partial charge in [-0.2, -0.15) is 0 Å². The molecule has 0 aromatic heterocycles. The number of ether oxygens (including phenoxy) is 1. The zero-order valence-corrected chi connectivity index (χ0v) is 13.2. The Hall–Kier alpha value is -1.75. The quantitative estimate of drug-likeness (QED) is 0.722. The summed E-state index contributed by atoms with van der Waals surface area (Å²) < 4.78 is 5.60. The van der Waals surface area contributed by atoms with Crippen molar-refractivity contribution in [3.8, 4) is 5.75 Å². The predicted molar refractivity (Wildman–Crippen MR) is 85.2 cm³/mol. The van der Waals surface area contributed by atoms with Crippen LogP contribution in [0.3, 0.4) is 0 Å². The van der Waals surface area contributed by atoms with Crippen LogP contribution in [0.4, 0.5) is 5.69 Å². The lowest BCUT2D eigenvalue weighted by Crippen LogP contribution is -2.50. The third kappa shape index (κ3) is 3.91. The van der Waals surface area contributed by atoms with Gasteiger partial charge >= 0.3 is 5.97 Å². The summed E-state index contributed by atoms with van der Waals surface area (Å²) in [6.07, 6.45) is 3.41.